The number of fused-ring (bicyclic) bond motifs is 1. The van der Waals surface area contributed by atoms with Gasteiger partial charge in [0, 0.05) is 16.2 Å². The number of nitrogens with zero attached hydrogens (tertiary/aromatic N) is 3. The fraction of sp³-hybridized carbons (Fsp3) is 0.267. The molecular weight excluding hydrogens is 440 g/mol. The van der Waals surface area contributed by atoms with E-state index in [0.717, 1.165) is 16.8 Å². The van der Waals surface area contributed by atoms with Gasteiger partial charge in [0.15, 0.2) is 5.65 Å². The molecule has 0 saturated heterocycles. The van der Waals surface area contributed by atoms with Gasteiger partial charge in [-0.15, -0.1) is 5.10 Å². The van der Waals surface area contributed by atoms with E-state index in [1.54, 1.807) is 6.92 Å². The predicted octanol–water partition coefficient (Wildman–Crippen LogP) is 3.81. The van der Waals surface area contributed by atoms with E-state index in [0.29, 0.717) is 0 Å². The number of H-pyrrole nitrogens is 1. The fourth-order valence-electron chi connectivity index (χ4n) is 2.39. The summed E-state index contributed by atoms with van der Waals surface area (Å²) in [5.41, 5.74) is -1.35. The van der Waals surface area contributed by atoms with Gasteiger partial charge in [-0.25, -0.2) is 13.5 Å². The molecule has 0 aliphatic heterocycles. The Balaban J connectivity index is 2.18. The molecule has 0 amide bonds. The highest BCUT2D eigenvalue weighted by molar-refractivity contribution is 9.10. The van der Waals surface area contributed by atoms with Crippen LogP contribution in [0.2, 0.25) is 0 Å². The van der Waals surface area contributed by atoms with Crippen LogP contribution < -0.4 is 15.0 Å². The number of aromatic amines is 1. The van der Waals surface area contributed by atoms with Crippen molar-refractivity contribution in [1.82, 2.24) is 19.7 Å². The molecule has 0 aliphatic carbocycles. The van der Waals surface area contributed by atoms with Gasteiger partial charge in [0.25, 0.3) is 18.0 Å². The summed E-state index contributed by atoms with van der Waals surface area (Å²) in [4.78, 5) is 18.5. The maximum absolute atomic E-state index is 13.5. The molecule has 1 N–H and O–H groups in total. The van der Waals surface area contributed by atoms with E-state index in [1.807, 2.05) is 0 Å². The quantitative estimate of drug-likeness (QED) is 0.577. The molecule has 0 spiro atoms. The standard InChI is InChI=1S/C15H11BrF4N4O3/c1-2-26-15-21-12-8(13(25)22-15)5-24(23-12)10-7(11(17)18)3-6(4-9(10)16)27-14(19)20/h3-5,11,14H,2H2,1H3,(H,21,22,23,25). The molecule has 0 aliphatic rings. The molecule has 0 saturated carbocycles. The van der Waals surface area contributed by atoms with E-state index >= 15 is 0 Å². The molecule has 0 unspecified atom stereocenters. The van der Waals surface area contributed by atoms with Crippen molar-refractivity contribution in [3.8, 4) is 17.4 Å². The van der Waals surface area contributed by atoms with Crippen LogP contribution in [-0.4, -0.2) is 33.0 Å². The lowest BCUT2D eigenvalue weighted by molar-refractivity contribution is -0.0500. The fourth-order valence-corrected chi connectivity index (χ4v) is 3.03. The second kappa shape index (κ2) is 7.55. The predicted molar refractivity (Wildman–Crippen MR) is 89.9 cm³/mol. The third-order valence-corrected chi connectivity index (χ3v) is 4.01. The second-order valence-corrected chi connectivity index (χ2v) is 5.99. The van der Waals surface area contributed by atoms with Crippen LogP contribution in [-0.2, 0) is 0 Å². The summed E-state index contributed by atoms with van der Waals surface area (Å²) in [6.45, 7) is -1.22. The van der Waals surface area contributed by atoms with E-state index in [1.165, 1.54) is 6.20 Å². The molecule has 0 bridgehead atoms. The Hall–Kier alpha value is -2.63. The number of rotatable bonds is 6. The van der Waals surface area contributed by atoms with E-state index < -0.39 is 29.9 Å². The maximum atomic E-state index is 13.5. The molecule has 3 aromatic rings. The lowest BCUT2D eigenvalue weighted by Crippen LogP contribution is -2.09. The average molecular weight is 451 g/mol. The Morgan fingerprint density at radius 3 is 2.67 bits per heavy atom. The van der Waals surface area contributed by atoms with Crippen molar-refractivity contribution in [2.24, 2.45) is 0 Å². The maximum Gasteiger partial charge on any atom is 0.387 e. The summed E-state index contributed by atoms with van der Waals surface area (Å²) >= 11 is 3.06. The van der Waals surface area contributed by atoms with Crippen molar-refractivity contribution >= 4 is 27.0 Å². The molecule has 12 heteroatoms. The Kier molecular flexibility index (Phi) is 5.35. The zero-order chi connectivity index (χ0) is 19.7. The number of halogens is 5. The van der Waals surface area contributed by atoms with Crippen LogP contribution in [0, 0.1) is 0 Å². The van der Waals surface area contributed by atoms with E-state index in [-0.39, 0.29) is 33.8 Å². The van der Waals surface area contributed by atoms with Gasteiger partial charge in [0.05, 0.1) is 12.3 Å². The van der Waals surface area contributed by atoms with Crippen molar-refractivity contribution < 1.29 is 27.0 Å². The molecule has 2 heterocycles. The van der Waals surface area contributed by atoms with Gasteiger partial charge in [0.1, 0.15) is 11.1 Å². The van der Waals surface area contributed by atoms with Crippen LogP contribution in [0.4, 0.5) is 17.6 Å². The number of nitrogens with one attached hydrogen (secondary N) is 1. The molecule has 2 aromatic heterocycles. The van der Waals surface area contributed by atoms with Crippen molar-refractivity contribution in [3.05, 3.63) is 38.7 Å². The Morgan fingerprint density at radius 1 is 1.30 bits per heavy atom. The van der Waals surface area contributed by atoms with E-state index in [2.05, 4.69) is 35.7 Å². The van der Waals surface area contributed by atoms with E-state index in [4.69, 9.17) is 4.74 Å². The van der Waals surface area contributed by atoms with Crippen molar-refractivity contribution in [3.63, 3.8) is 0 Å². The SMILES string of the molecule is CCOc1nc2nn(-c3c(Br)cc(OC(F)F)cc3C(F)F)cc2c(=O)[nH]1. The summed E-state index contributed by atoms with van der Waals surface area (Å²) in [5.74, 6) is -0.442. The molecule has 0 fully saturated rings. The number of alkyl halides is 4. The lowest BCUT2D eigenvalue weighted by atomic mass is 10.1. The van der Waals surface area contributed by atoms with Crippen molar-refractivity contribution in [1.29, 1.82) is 0 Å². The van der Waals surface area contributed by atoms with Crippen LogP contribution >= 0.6 is 15.9 Å². The third-order valence-electron chi connectivity index (χ3n) is 3.40. The molecule has 3 rings (SSSR count). The van der Waals surface area contributed by atoms with Crippen molar-refractivity contribution in [2.45, 2.75) is 20.0 Å². The highest BCUT2D eigenvalue weighted by Gasteiger charge is 2.22. The minimum Gasteiger partial charge on any atom is -0.465 e. The zero-order valence-corrected chi connectivity index (χ0v) is 15.1. The third kappa shape index (κ3) is 3.89. The topological polar surface area (TPSA) is 82.0 Å². The Morgan fingerprint density at radius 2 is 2.04 bits per heavy atom. The highest BCUT2D eigenvalue weighted by Crippen LogP contribution is 2.36. The van der Waals surface area contributed by atoms with Gasteiger partial charge in [-0.2, -0.15) is 13.8 Å². The number of benzene rings is 1. The van der Waals surface area contributed by atoms with E-state index in [9.17, 15) is 22.4 Å². The highest BCUT2D eigenvalue weighted by atomic mass is 79.9. The van der Waals surface area contributed by atoms with Crippen LogP contribution in [0.3, 0.4) is 0 Å². The first-order valence-electron chi connectivity index (χ1n) is 7.49. The van der Waals surface area contributed by atoms with Crippen LogP contribution in [0.25, 0.3) is 16.7 Å². The second-order valence-electron chi connectivity index (χ2n) is 5.14. The first-order chi connectivity index (χ1) is 12.8. The number of hydrogen-bond acceptors (Lipinski definition) is 5. The summed E-state index contributed by atoms with van der Waals surface area (Å²) in [5, 5.41) is 4.07. The molecule has 27 heavy (non-hydrogen) atoms. The van der Waals surface area contributed by atoms with Gasteiger partial charge < -0.3 is 9.47 Å². The van der Waals surface area contributed by atoms with Gasteiger partial charge in [-0.05, 0) is 35.0 Å². The lowest BCUT2D eigenvalue weighted by Gasteiger charge is -2.14. The van der Waals surface area contributed by atoms with Crippen LogP contribution in [0.5, 0.6) is 11.8 Å². The Labute approximate surface area is 157 Å². The molecule has 0 atom stereocenters. The average Bonchev–Trinajstić information content (AvgIpc) is 2.98. The Bertz CT molecular complexity index is 1040. The van der Waals surface area contributed by atoms with Gasteiger partial charge in [-0.3, -0.25) is 9.78 Å². The van der Waals surface area contributed by atoms with Crippen LogP contribution in [0.15, 0.2) is 27.6 Å². The van der Waals surface area contributed by atoms with Gasteiger partial charge in [-0.1, -0.05) is 0 Å². The van der Waals surface area contributed by atoms with Gasteiger partial charge in [0.2, 0.25) is 0 Å². The largest absolute Gasteiger partial charge is 0.465 e. The first kappa shape index (κ1) is 19.1. The minimum absolute atomic E-state index is 0.0187. The number of hydrogen-bond donors (Lipinski definition) is 1. The molecular formula is C15H11BrF4N4O3. The summed E-state index contributed by atoms with van der Waals surface area (Å²) in [6, 6.07) is 1.82. The van der Waals surface area contributed by atoms with Crippen LogP contribution in [0.1, 0.15) is 18.9 Å². The summed E-state index contributed by atoms with van der Waals surface area (Å²) in [6.07, 6.45) is -1.81. The summed E-state index contributed by atoms with van der Waals surface area (Å²) in [7, 11) is 0. The summed E-state index contributed by atoms with van der Waals surface area (Å²) < 4.78 is 62.1. The van der Waals surface area contributed by atoms with Crippen molar-refractivity contribution in [2.75, 3.05) is 6.61 Å². The first-order valence-corrected chi connectivity index (χ1v) is 8.28. The number of ether oxygens (including phenoxy) is 2. The normalized spacial score (nSPS) is 11.6. The molecule has 0 radical (unpaired) electrons. The number of aromatic nitrogens is 4. The molecule has 7 nitrogen and oxygen atoms in total. The minimum atomic E-state index is -3.17. The molecule has 144 valence electrons. The van der Waals surface area contributed by atoms with Gasteiger partial charge >= 0.3 is 6.61 Å². The molecule has 1 aromatic carbocycles. The smallest absolute Gasteiger partial charge is 0.387 e. The zero-order valence-electron chi connectivity index (χ0n) is 13.6. The monoisotopic (exact) mass is 450 g/mol.